The lowest BCUT2D eigenvalue weighted by Gasteiger charge is -2.07. The molecule has 94 valence electrons. The Labute approximate surface area is 101 Å². The van der Waals surface area contributed by atoms with Crippen LogP contribution in [0.2, 0.25) is 0 Å². The molecule has 17 heavy (non-hydrogen) atoms. The minimum absolute atomic E-state index is 0.333. The van der Waals surface area contributed by atoms with Crippen LogP contribution in [0.5, 0.6) is 6.01 Å². The van der Waals surface area contributed by atoms with E-state index in [2.05, 4.69) is 32.5 Å². The summed E-state index contributed by atoms with van der Waals surface area (Å²) in [6.07, 6.45) is 3.70. The van der Waals surface area contributed by atoms with Crippen molar-refractivity contribution in [2.24, 2.45) is 5.92 Å². The Morgan fingerprint density at radius 1 is 1.29 bits per heavy atom. The first-order chi connectivity index (χ1) is 8.26. The van der Waals surface area contributed by atoms with Crippen molar-refractivity contribution in [2.75, 3.05) is 24.8 Å². The van der Waals surface area contributed by atoms with Crippen molar-refractivity contribution in [1.82, 2.24) is 15.0 Å². The lowest BCUT2D eigenvalue weighted by molar-refractivity contribution is 0.379. The average Bonchev–Trinajstić information content (AvgIpc) is 3.07. The molecule has 0 bridgehead atoms. The maximum absolute atomic E-state index is 5.03. The normalized spacial score (nSPS) is 22.1. The molecule has 1 aliphatic carbocycles. The van der Waals surface area contributed by atoms with E-state index in [4.69, 9.17) is 4.74 Å². The van der Waals surface area contributed by atoms with Gasteiger partial charge in [0, 0.05) is 13.1 Å². The van der Waals surface area contributed by atoms with Gasteiger partial charge >= 0.3 is 6.01 Å². The van der Waals surface area contributed by atoms with Gasteiger partial charge in [0.15, 0.2) is 0 Å². The van der Waals surface area contributed by atoms with E-state index >= 15 is 0 Å². The maximum atomic E-state index is 5.03. The molecule has 2 atom stereocenters. The van der Waals surface area contributed by atoms with Crippen molar-refractivity contribution in [2.45, 2.75) is 32.2 Å². The molecule has 0 aromatic carbocycles. The van der Waals surface area contributed by atoms with Crippen LogP contribution in [0.3, 0.4) is 0 Å². The summed E-state index contributed by atoms with van der Waals surface area (Å²) in [5.41, 5.74) is 0. The standard InChI is InChI=1S/C11H19N5O/c1-4-5-7-6-8(7)13-10-14-9(12-2)15-11(16-10)17-3/h7-8H,4-6H2,1-3H3,(H2,12,13,14,15,16). The second-order valence-electron chi connectivity index (χ2n) is 4.25. The fourth-order valence-corrected chi connectivity index (χ4v) is 1.90. The lowest BCUT2D eigenvalue weighted by atomic mass is 10.2. The van der Waals surface area contributed by atoms with Crippen molar-refractivity contribution >= 4 is 11.9 Å². The molecular weight excluding hydrogens is 218 g/mol. The fourth-order valence-electron chi connectivity index (χ4n) is 1.90. The van der Waals surface area contributed by atoms with Crippen LogP contribution in [0.25, 0.3) is 0 Å². The van der Waals surface area contributed by atoms with E-state index in [-0.39, 0.29) is 0 Å². The van der Waals surface area contributed by atoms with Gasteiger partial charge < -0.3 is 15.4 Å². The average molecular weight is 237 g/mol. The third kappa shape index (κ3) is 2.95. The fraction of sp³-hybridized carbons (Fsp3) is 0.727. The predicted octanol–water partition coefficient (Wildman–Crippen LogP) is 1.52. The van der Waals surface area contributed by atoms with Gasteiger partial charge in [-0.1, -0.05) is 13.3 Å². The zero-order valence-corrected chi connectivity index (χ0v) is 10.5. The van der Waals surface area contributed by atoms with E-state index in [1.54, 1.807) is 14.2 Å². The molecule has 1 heterocycles. The van der Waals surface area contributed by atoms with Crippen molar-refractivity contribution in [1.29, 1.82) is 0 Å². The molecule has 1 saturated carbocycles. The van der Waals surface area contributed by atoms with Gasteiger partial charge in [0.2, 0.25) is 11.9 Å². The van der Waals surface area contributed by atoms with Crippen LogP contribution in [-0.4, -0.2) is 35.2 Å². The molecule has 0 saturated heterocycles. The summed E-state index contributed by atoms with van der Waals surface area (Å²) in [6.45, 7) is 2.21. The SMILES string of the molecule is CCCC1CC1Nc1nc(NC)nc(OC)n1. The molecule has 0 aliphatic heterocycles. The van der Waals surface area contributed by atoms with E-state index < -0.39 is 0 Å². The van der Waals surface area contributed by atoms with Gasteiger partial charge in [0.05, 0.1) is 7.11 Å². The van der Waals surface area contributed by atoms with Gasteiger partial charge in [-0.2, -0.15) is 15.0 Å². The molecule has 6 nitrogen and oxygen atoms in total. The summed E-state index contributed by atoms with van der Waals surface area (Å²) < 4.78 is 5.03. The number of aromatic nitrogens is 3. The molecule has 2 N–H and O–H groups in total. The van der Waals surface area contributed by atoms with Gasteiger partial charge in [0.1, 0.15) is 0 Å². The van der Waals surface area contributed by atoms with Crippen LogP contribution >= 0.6 is 0 Å². The molecule has 2 unspecified atom stereocenters. The van der Waals surface area contributed by atoms with Crippen molar-refractivity contribution in [3.05, 3.63) is 0 Å². The van der Waals surface area contributed by atoms with Gasteiger partial charge in [-0.15, -0.1) is 0 Å². The highest BCUT2D eigenvalue weighted by molar-refractivity contribution is 5.37. The van der Waals surface area contributed by atoms with Gasteiger partial charge in [-0.3, -0.25) is 0 Å². The summed E-state index contributed by atoms with van der Waals surface area (Å²) in [5.74, 6) is 1.87. The Kier molecular flexibility index (Phi) is 3.61. The molecule has 1 aromatic heterocycles. The van der Waals surface area contributed by atoms with Crippen LogP contribution in [0.1, 0.15) is 26.2 Å². The molecule has 0 spiro atoms. The van der Waals surface area contributed by atoms with Crippen LogP contribution in [0.4, 0.5) is 11.9 Å². The molecule has 0 amide bonds. The number of hydrogen-bond acceptors (Lipinski definition) is 6. The van der Waals surface area contributed by atoms with Crippen LogP contribution in [0.15, 0.2) is 0 Å². The van der Waals surface area contributed by atoms with Crippen LogP contribution in [0, 0.1) is 5.92 Å². The summed E-state index contributed by atoms with van der Waals surface area (Å²) in [5, 5.41) is 6.21. The Bertz CT molecular complexity index is 362. The minimum atomic E-state index is 0.333. The van der Waals surface area contributed by atoms with Gasteiger partial charge in [-0.05, 0) is 18.8 Å². The van der Waals surface area contributed by atoms with Crippen LogP contribution < -0.4 is 15.4 Å². The maximum Gasteiger partial charge on any atom is 0.322 e. The van der Waals surface area contributed by atoms with Gasteiger partial charge in [0.25, 0.3) is 0 Å². The van der Waals surface area contributed by atoms with E-state index in [0.717, 1.165) is 5.92 Å². The molecule has 1 aliphatic rings. The molecule has 0 radical (unpaired) electrons. The number of hydrogen-bond donors (Lipinski definition) is 2. The summed E-state index contributed by atoms with van der Waals surface area (Å²) in [7, 11) is 3.32. The minimum Gasteiger partial charge on any atom is -0.467 e. The molecule has 1 fully saturated rings. The Morgan fingerprint density at radius 2 is 2.06 bits per heavy atom. The first kappa shape index (κ1) is 11.9. The number of nitrogens with zero attached hydrogens (tertiary/aromatic N) is 3. The van der Waals surface area contributed by atoms with E-state index in [0.29, 0.717) is 23.9 Å². The smallest absolute Gasteiger partial charge is 0.322 e. The largest absolute Gasteiger partial charge is 0.467 e. The first-order valence-corrected chi connectivity index (χ1v) is 6.01. The Balaban J connectivity index is 2.00. The van der Waals surface area contributed by atoms with Gasteiger partial charge in [-0.25, -0.2) is 0 Å². The molecule has 6 heteroatoms. The second-order valence-corrected chi connectivity index (χ2v) is 4.25. The third-order valence-corrected chi connectivity index (χ3v) is 2.92. The highest BCUT2D eigenvalue weighted by atomic mass is 16.5. The molecular formula is C11H19N5O. The zero-order valence-electron chi connectivity index (χ0n) is 10.5. The monoisotopic (exact) mass is 237 g/mol. The van der Waals surface area contributed by atoms with Crippen molar-refractivity contribution in [3.63, 3.8) is 0 Å². The predicted molar refractivity (Wildman–Crippen MR) is 66.4 cm³/mol. The number of methoxy groups -OCH3 is 1. The summed E-state index contributed by atoms with van der Waals surface area (Å²) >= 11 is 0. The van der Waals surface area contributed by atoms with E-state index in [9.17, 15) is 0 Å². The van der Waals surface area contributed by atoms with Crippen molar-refractivity contribution < 1.29 is 4.74 Å². The quantitative estimate of drug-likeness (QED) is 0.781. The van der Waals surface area contributed by atoms with E-state index in [1.807, 2.05) is 0 Å². The lowest BCUT2D eigenvalue weighted by Crippen LogP contribution is -2.11. The zero-order chi connectivity index (χ0) is 12.3. The molecule has 2 rings (SSSR count). The van der Waals surface area contributed by atoms with Crippen LogP contribution in [-0.2, 0) is 0 Å². The topological polar surface area (TPSA) is 72.0 Å². The number of ether oxygens (including phenoxy) is 1. The Morgan fingerprint density at radius 3 is 2.71 bits per heavy atom. The second kappa shape index (κ2) is 5.16. The third-order valence-electron chi connectivity index (χ3n) is 2.92. The highest BCUT2D eigenvalue weighted by Crippen LogP contribution is 2.36. The highest BCUT2D eigenvalue weighted by Gasteiger charge is 2.36. The van der Waals surface area contributed by atoms with Crippen molar-refractivity contribution in [3.8, 4) is 6.01 Å². The first-order valence-electron chi connectivity index (χ1n) is 6.01. The summed E-state index contributed by atoms with van der Waals surface area (Å²) in [6, 6.07) is 0.839. The number of anilines is 2. The number of nitrogens with one attached hydrogen (secondary N) is 2. The summed E-state index contributed by atoms with van der Waals surface area (Å²) in [4.78, 5) is 12.5. The molecule has 1 aromatic rings. The number of rotatable bonds is 6. The van der Waals surface area contributed by atoms with E-state index in [1.165, 1.54) is 19.3 Å². The Hall–Kier alpha value is -1.59.